The Morgan fingerprint density at radius 1 is 1.29 bits per heavy atom. The van der Waals surface area contributed by atoms with E-state index in [0.717, 1.165) is 0 Å². The number of rotatable bonds is 0. The Kier molecular flexibility index (Phi) is 51.8. The Bertz CT molecular complexity index is 38.7. The second-order valence-electron chi connectivity index (χ2n) is 0.402. The van der Waals surface area contributed by atoms with Crippen LogP contribution in [0.25, 0.3) is 0 Å². The first-order chi connectivity index (χ1) is 1.73. The van der Waals surface area contributed by atoms with Crippen LogP contribution in [0.4, 0.5) is 4.79 Å². The van der Waals surface area contributed by atoms with E-state index in [1.165, 1.54) is 0 Å². The second kappa shape index (κ2) is 15.7. The zero-order valence-corrected chi connectivity index (χ0v) is 2.56. The molecular weight excluding hydrogens is 134 g/mol. The predicted octanol–water partition coefficient (Wildman–Crippen LogP) is -3.10. The van der Waals surface area contributed by atoms with Gasteiger partial charge in [-0.2, -0.15) is 0 Å². The Hall–Kier alpha value is 1.87. The third kappa shape index (κ3) is 77.7. The monoisotopic (exact) mass is 142 g/mol. The van der Waals surface area contributed by atoms with Crippen LogP contribution in [0.2, 0.25) is 0 Å². The van der Waals surface area contributed by atoms with Crippen molar-refractivity contribution in [2.45, 2.75) is 0 Å². The van der Waals surface area contributed by atoms with Crippen molar-refractivity contribution in [1.82, 2.24) is 0 Å². The Morgan fingerprint density at radius 3 is 1.29 bits per heavy atom. The third-order valence-electron chi connectivity index (χ3n) is 0. The van der Waals surface area contributed by atoms with Crippen molar-refractivity contribution in [2.75, 3.05) is 0 Å². The normalized spacial score (nSPS) is 3.43. The molecule has 0 unspecified atom stereocenters. The van der Waals surface area contributed by atoms with Crippen LogP contribution in [-0.2, 0) is 0 Å². The van der Waals surface area contributed by atoms with E-state index in [4.69, 9.17) is 4.79 Å². The molecule has 36 valence electrons. The first-order valence-electron chi connectivity index (χ1n) is 0.781. The third-order valence-corrected chi connectivity index (χ3v) is 0. The minimum absolute atomic E-state index is 0. The fourth-order valence-electron chi connectivity index (χ4n) is 0. The molecule has 0 aliphatic carbocycles. The summed E-state index contributed by atoms with van der Waals surface area (Å²) >= 11 is 0. The van der Waals surface area contributed by atoms with Gasteiger partial charge in [0, 0.05) is 0 Å². The van der Waals surface area contributed by atoms with Crippen LogP contribution in [0.1, 0.15) is 0 Å². The second-order valence-corrected chi connectivity index (χ2v) is 0.402. The number of hydrogen-bond donors (Lipinski definition) is 2. The van der Waals surface area contributed by atoms with E-state index in [-0.39, 0.29) is 86.4 Å². The van der Waals surface area contributed by atoms with Crippen LogP contribution in [0, 0.1) is 0 Å². The van der Waals surface area contributed by atoms with Crippen molar-refractivity contribution in [3.05, 3.63) is 0 Å². The van der Waals surface area contributed by atoms with Crippen molar-refractivity contribution >= 4 is 87.0 Å². The number of carbonyl (C=O) groups excluding carboxylic acids is 1. The molecule has 0 aromatic rings. The Balaban J connectivity index is -0.0000000150. The van der Waals surface area contributed by atoms with Crippen LogP contribution in [0.15, 0.2) is 0 Å². The average Bonchev–Trinajstić information content (AvgIpc) is 0.811. The maximum absolute atomic E-state index is 9.00. The fourth-order valence-corrected chi connectivity index (χ4v) is 0. The van der Waals surface area contributed by atoms with E-state index in [9.17, 15) is 0 Å². The van der Waals surface area contributed by atoms with Gasteiger partial charge < -0.3 is 16.9 Å². The first kappa shape index (κ1) is 23.2. The standard InChI is InChI=1S/CH4N2O.K.Na.H2O.2H/c2-1(3)4;;;;;/h(H4,2,3,4);;;1H2;;. The van der Waals surface area contributed by atoms with E-state index in [0.29, 0.717) is 0 Å². The molecule has 0 aromatic heterocycles. The van der Waals surface area contributed by atoms with Crippen LogP contribution in [-0.4, -0.2) is 92.4 Å². The van der Waals surface area contributed by atoms with Gasteiger partial charge in [0.05, 0.1) is 0 Å². The molecule has 6 heteroatoms. The number of urea groups is 1. The summed E-state index contributed by atoms with van der Waals surface area (Å²) in [6.07, 6.45) is 0. The molecule has 0 aliphatic rings. The van der Waals surface area contributed by atoms with Crippen molar-refractivity contribution in [3.63, 3.8) is 0 Å². The molecule has 7 heavy (non-hydrogen) atoms. The molecule has 4 nitrogen and oxygen atoms in total. The summed E-state index contributed by atoms with van der Waals surface area (Å²) < 4.78 is 0. The summed E-state index contributed by atoms with van der Waals surface area (Å²) in [5.41, 5.74) is 8.50. The summed E-state index contributed by atoms with van der Waals surface area (Å²) in [5, 5.41) is 0. The van der Waals surface area contributed by atoms with Crippen LogP contribution in [0.3, 0.4) is 0 Å². The Morgan fingerprint density at radius 2 is 1.29 bits per heavy atom. The molecule has 0 aliphatic heterocycles. The molecular formula is CH8KN2NaO2. The number of nitrogens with two attached hydrogens (primary N) is 2. The van der Waals surface area contributed by atoms with Gasteiger partial charge in [-0.05, 0) is 0 Å². The van der Waals surface area contributed by atoms with Crippen LogP contribution < -0.4 is 11.5 Å². The molecule has 0 saturated carbocycles. The molecule has 6 N–H and O–H groups in total. The van der Waals surface area contributed by atoms with Crippen molar-refractivity contribution in [3.8, 4) is 0 Å². The summed E-state index contributed by atoms with van der Waals surface area (Å²) in [6, 6.07) is -0.833. The SMILES string of the molecule is NC(N)=O.O.[KH].[NaH]. The summed E-state index contributed by atoms with van der Waals surface area (Å²) in [5.74, 6) is 0. The molecule has 0 fully saturated rings. The van der Waals surface area contributed by atoms with Crippen LogP contribution >= 0.6 is 0 Å². The molecule has 0 bridgehead atoms. The summed E-state index contributed by atoms with van der Waals surface area (Å²) in [6.45, 7) is 0. The van der Waals surface area contributed by atoms with Gasteiger partial charge in [0.1, 0.15) is 0 Å². The molecule has 2 amide bonds. The van der Waals surface area contributed by atoms with E-state index in [2.05, 4.69) is 11.5 Å². The fraction of sp³-hybridized carbons (Fsp3) is 0. The van der Waals surface area contributed by atoms with Gasteiger partial charge in [0.25, 0.3) is 0 Å². The zero-order valence-electron chi connectivity index (χ0n) is 2.56. The van der Waals surface area contributed by atoms with Gasteiger partial charge in [-0.1, -0.05) is 0 Å². The minimum atomic E-state index is -0.833. The van der Waals surface area contributed by atoms with E-state index in [1.54, 1.807) is 0 Å². The molecule has 0 rings (SSSR count). The topological polar surface area (TPSA) is 101 Å². The van der Waals surface area contributed by atoms with Gasteiger partial charge in [-0.3, -0.25) is 0 Å². The van der Waals surface area contributed by atoms with Gasteiger partial charge in [-0.15, -0.1) is 0 Å². The molecule has 0 saturated heterocycles. The van der Waals surface area contributed by atoms with Crippen molar-refractivity contribution in [2.24, 2.45) is 11.5 Å². The number of carbonyl (C=O) groups is 1. The van der Waals surface area contributed by atoms with Gasteiger partial charge in [0.2, 0.25) is 0 Å². The van der Waals surface area contributed by atoms with Gasteiger partial charge in [0.15, 0.2) is 0 Å². The predicted molar refractivity (Wildman–Crippen MR) is 31.7 cm³/mol. The maximum atomic E-state index is 9.00. The van der Waals surface area contributed by atoms with Gasteiger partial charge >= 0.3 is 87.0 Å². The van der Waals surface area contributed by atoms with E-state index in [1.807, 2.05) is 0 Å². The zero-order chi connectivity index (χ0) is 3.58. The van der Waals surface area contributed by atoms with Crippen molar-refractivity contribution in [1.29, 1.82) is 0 Å². The van der Waals surface area contributed by atoms with E-state index < -0.39 is 6.03 Å². The molecule has 0 spiro atoms. The number of amides is 2. The first-order valence-corrected chi connectivity index (χ1v) is 0.781. The summed E-state index contributed by atoms with van der Waals surface area (Å²) in [7, 11) is 0. The van der Waals surface area contributed by atoms with Gasteiger partial charge in [-0.25, -0.2) is 4.79 Å². The number of primary amides is 2. The van der Waals surface area contributed by atoms with Crippen LogP contribution in [0.5, 0.6) is 0 Å². The van der Waals surface area contributed by atoms with Crippen molar-refractivity contribution < 1.29 is 10.3 Å². The number of hydrogen-bond acceptors (Lipinski definition) is 1. The average molecular weight is 142 g/mol. The molecule has 0 atom stereocenters. The summed E-state index contributed by atoms with van der Waals surface area (Å²) in [4.78, 5) is 9.00. The molecule has 0 heterocycles. The Labute approximate surface area is 106 Å². The quantitative estimate of drug-likeness (QED) is 0.344. The molecule has 0 aromatic carbocycles. The van der Waals surface area contributed by atoms with E-state index >= 15 is 0 Å². The molecule has 0 radical (unpaired) electrons.